The fourth-order valence-electron chi connectivity index (χ4n) is 2.59. The minimum atomic E-state index is 0.0738. The lowest BCUT2D eigenvalue weighted by molar-refractivity contribution is 0.280. The smallest absolute Gasteiger partial charge is 0.0606 e. The molecule has 0 radical (unpaired) electrons. The lowest BCUT2D eigenvalue weighted by Crippen LogP contribution is -2.29. The van der Waals surface area contributed by atoms with E-state index in [1.165, 1.54) is 0 Å². The predicted molar refractivity (Wildman–Crippen MR) is 114 cm³/mol. The highest BCUT2D eigenvalue weighted by atomic mass is 16.3. The van der Waals surface area contributed by atoms with Gasteiger partial charge in [-0.3, -0.25) is 0 Å². The quantitative estimate of drug-likeness (QED) is 0.313. The Hall–Kier alpha value is -2.52. The molecule has 0 fully saturated rings. The molecule has 0 saturated heterocycles. The third-order valence-electron chi connectivity index (χ3n) is 4.00. The Kier molecular flexibility index (Phi) is 11.4. The molecule has 8 N–H and O–H groups in total. The van der Waals surface area contributed by atoms with E-state index in [-0.39, 0.29) is 26.4 Å². The summed E-state index contributed by atoms with van der Waals surface area (Å²) in [6, 6.07) is 14.7. The molecule has 2 aromatic carbocycles. The normalized spacial score (nSPS) is 10.1. The first-order valence-electron chi connectivity index (χ1n) is 9.20. The fourth-order valence-corrected chi connectivity index (χ4v) is 2.59. The van der Waals surface area contributed by atoms with E-state index in [2.05, 4.69) is 0 Å². The maximum Gasteiger partial charge on any atom is 0.0606 e. The van der Waals surface area contributed by atoms with Gasteiger partial charge in [0.15, 0.2) is 0 Å². The molecule has 0 atom stereocenters. The third-order valence-corrected chi connectivity index (χ3v) is 4.00. The van der Waals surface area contributed by atoms with Crippen LogP contribution in [0.4, 0.5) is 22.7 Å². The van der Waals surface area contributed by atoms with Gasteiger partial charge in [0.1, 0.15) is 0 Å². The van der Waals surface area contributed by atoms with Crippen molar-refractivity contribution < 1.29 is 20.4 Å². The van der Waals surface area contributed by atoms with Gasteiger partial charge in [0, 0.05) is 48.9 Å². The molecule has 2 rings (SSSR count). The van der Waals surface area contributed by atoms with Crippen LogP contribution < -0.4 is 21.3 Å². The Labute approximate surface area is 166 Å². The van der Waals surface area contributed by atoms with Crippen molar-refractivity contribution in [2.75, 3.05) is 73.9 Å². The standard InChI is InChI=1S/2C10H16N2O2/c2*11-9-1-3-10(4-2-9)12(5-7-13)6-8-14/h2*1-4,13-14H,5-8,11H2. The van der Waals surface area contributed by atoms with Gasteiger partial charge in [0.25, 0.3) is 0 Å². The van der Waals surface area contributed by atoms with Gasteiger partial charge >= 0.3 is 0 Å². The van der Waals surface area contributed by atoms with Crippen LogP contribution in [0.1, 0.15) is 0 Å². The van der Waals surface area contributed by atoms with Gasteiger partial charge in [-0.25, -0.2) is 0 Å². The van der Waals surface area contributed by atoms with Crippen molar-refractivity contribution in [2.24, 2.45) is 0 Å². The van der Waals surface area contributed by atoms with Gasteiger partial charge in [-0.2, -0.15) is 0 Å². The van der Waals surface area contributed by atoms with Crippen molar-refractivity contribution in [2.45, 2.75) is 0 Å². The Morgan fingerprint density at radius 1 is 0.500 bits per heavy atom. The summed E-state index contributed by atoms with van der Waals surface area (Å²) in [5.74, 6) is 0. The lowest BCUT2D eigenvalue weighted by Gasteiger charge is -2.22. The molecule has 28 heavy (non-hydrogen) atoms. The van der Waals surface area contributed by atoms with E-state index in [4.69, 9.17) is 31.9 Å². The summed E-state index contributed by atoms with van der Waals surface area (Å²) in [6.45, 7) is 2.37. The van der Waals surface area contributed by atoms with E-state index < -0.39 is 0 Å². The molecule has 2 aromatic rings. The number of nitrogen functional groups attached to an aromatic ring is 2. The van der Waals surface area contributed by atoms with Gasteiger partial charge in [0.05, 0.1) is 26.4 Å². The molecule has 0 spiro atoms. The van der Waals surface area contributed by atoms with E-state index in [0.717, 1.165) is 11.4 Å². The summed E-state index contributed by atoms with van der Waals surface area (Å²) >= 11 is 0. The second-order valence-corrected chi connectivity index (χ2v) is 6.05. The zero-order chi connectivity index (χ0) is 20.8. The highest BCUT2D eigenvalue weighted by Gasteiger charge is 2.04. The number of benzene rings is 2. The number of aliphatic hydroxyl groups is 4. The number of aliphatic hydroxyl groups excluding tert-OH is 4. The molecular weight excluding hydrogens is 360 g/mol. The lowest BCUT2D eigenvalue weighted by atomic mass is 10.2. The Bertz CT molecular complexity index is 568. The minimum Gasteiger partial charge on any atom is -0.399 e. The monoisotopic (exact) mass is 392 g/mol. The molecule has 0 unspecified atom stereocenters. The SMILES string of the molecule is Nc1ccc(N(CCO)CCO)cc1.Nc1ccc(N(CCO)CCO)cc1. The number of nitrogens with zero attached hydrogens (tertiary/aromatic N) is 2. The molecule has 0 aliphatic carbocycles. The number of rotatable bonds is 10. The second-order valence-electron chi connectivity index (χ2n) is 6.05. The molecule has 8 heteroatoms. The molecule has 0 amide bonds. The summed E-state index contributed by atoms with van der Waals surface area (Å²) in [5.41, 5.74) is 14.5. The first-order valence-corrected chi connectivity index (χ1v) is 9.20. The first-order chi connectivity index (χ1) is 13.5. The van der Waals surface area contributed by atoms with E-state index in [9.17, 15) is 0 Å². The van der Waals surface area contributed by atoms with Crippen LogP contribution in [0.3, 0.4) is 0 Å². The largest absolute Gasteiger partial charge is 0.399 e. The first kappa shape index (κ1) is 23.5. The molecule has 0 aliphatic heterocycles. The van der Waals surface area contributed by atoms with Gasteiger partial charge in [0.2, 0.25) is 0 Å². The molecule has 0 heterocycles. The zero-order valence-electron chi connectivity index (χ0n) is 16.1. The Morgan fingerprint density at radius 3 is 0.964 bits per heavy atom. The van der Waals surface area contributed by atoms with Crippen LogP contribution in [0.15, 0.2) is 48.5 Å². The van der Waals surface area contributed by atoms with Crippen LogP contribution in [0.5, 0.6) is 0 Å². The predicted octanol–water partition coefficient (Wildman–Crippen LogP) is 0.120. The summed E-state index contributed by atoms with van der Waals surface area (Å²) in [4.78, 5) is 3.80. The summed E-state index contributed by atoms with van der Waals surface area (Å²) in [5, 5.41) is 35.3. The van der Waals surface area contributed by atoms with E-state index in [0.29, 0.717) is 37.6 Å². The van der Waals surface area contributed by atoms with Crippen LogP contribution in [-0.4, -0.2) is 73.0 Å². The van der Waals surface area contributed by atoms with Crippen molar-refractivity contribution in [3.63, 3.8) is 0 Å². The van der Waals surface area contributed by atoms with E-state index >= 15 is 0 Å². The molecule has 0 saturated carbocycles. The topological polar surface area (TPSA) is 139 Å². The van der Waals surface area contributed by atoms with Crippen molar-refractivity contribution in [3.8, 4) is 0 Å². The van der Waals surface area contributed by atoms with Gasteiger partial charge < -0.3 is 41.7 Å². The van der Waals surface area contributed by atoms with Crippen LogP contribution in [-0.2, 0) is 0 Å². The number of anilines is 4. The zero-order valence-corrected chi connectivity index (χ0v) is 16.1. The average molecular weight is 393 g/mol. The average Bonchev–Trinajstić information content (AvgIpc) is 2.69. The molecule has 8 nitrogen and oxygen atoms in total. The number of hydrogen-bond acceptors (Lipinski definition) is 8. The molecular formula is C20H32N4O4. The van der Waals surface area contributed by atoms with Crippen molar-refractivity contribution in [1.29, 1.82) is 0 Å². The third kappa shape index (κ3) is 8.45. The maximum absolute atomic E-state index is 8.83. The summed E-state index contributed by atoms with van der Waals surface area (Å²) in [7, 11) is 0. The second kappa shape index (κ2) is 13.6. The van der Waals surface area contributed by atoms with Crippen LogP contribution >= 0.6 is 0 Å². The molecule has 156 valence electrons. The molecule has 0 bridgehead atoms. The molecule has 0 aliphatic rings. The van der Waals surface area contributed by atoms with Gasteiger partial charge in [-0.15, -0.1) is 0 Å². The van der Waals surface area contributed by atoms with Crippen LogP contribution in [0.2, 0.25) is 0 Å². The minimum absolute atomic E-state index is 0.0738. The van der Waals surface area contributed by atoms with Crippen molar-refractivity contribution in [1.82, 2.24) is 0 Å². The maximum atomic E-state index is 8.83. The number of nitrogens with two attached hydrogens (primary N) is 2. The van der Waals surface area contributed by atoms with Crippen LogP contribution in [0, 0.1) is 0 Å². The number of hydrogen-bond donors (Lipinski definition) is 6. The highest BCUT2D eigenvalue weighted by molar-refractivity contribution is 5.53. The highest BCUT2D eigenvalue weighted by Crippen LogP contribution is 2.16. The van der Waals surface area contributed by atoms with E-state index in [1.807, 2.05) is 34.1 Å². The van der Waals surface area contributed by atoms with E-state index in [1.54, 1.807) is 24.3 Å². The molecule has 0 aromatic heterocycles. The van der Waals surface area contributed by atoms with Gasteiger partial charge in [-0.05, 0) is 48.5 Å². The Balaban J connectivity index is 0.000000280. The summed E-state index contributed by atoms with van der Waals surface area (Å²) < 4.78 is 0. The van der Waals surface area contributed by atoms with Crippen molar-refractivity contribution >= 4 is 22.7 Å². The van der Waals surface area contributed by atoms with Crippen LogP contribution in [0.25, 0.3) is 0 Å². The summed E-state index contributed by atoms with van der Waals surface area (Å²) in [6.07, 6.45) is 0. The Morgan fingerprint density at radius 2 is 0.750 bits per heavy atom. The fraction of sp³-hybridized carbons (Fsp3) is 0.400. The van der Waals surface area contributed by atoms with Crippen molar-refractivity contribution in [3.05, 3.63) is 48.5 Å². The van der Waals surface area contributed by atoms with Gasteiger partial charge in [-0.1, -0.05) is 0 Å².